The maximum absolute atomic E-state index is 6.32. The van der Waals surface area contributed by atoms with Crippen molar-refractivity contribution in [3.63, 3.8) is 0 Å². The number of nitrogens with one attached hydrogen (secondary N) is 1. The third-order valence-electron chi connectivity index (χ3n) is 6.79. The van der Waals surface area contributed by atoms with Crippen LogP contribution < -0.4 is 15.0 Å². The standard InChI is InChI=1S/C24H32N4O2/c1-16-3-6-19(7-4-16)26-24-25-14-21(23(27-24)30-20-10-12-29-15-20)17-5-8-22-18(13-17)9-11-28(22)2/h5,8,13-14,16,19-20H,3-4,6-7,9-12,15H2,1-2H3,(H,25,26,27)/t16-,19-,20-/m1/s1. The molecule has 160 valence electrons. The minimum atomic E-state index is 0.0580. The molecule has 3 aliphatic rings. The summed E-state index contributed by atoms with van der Waals surface area (Å²) in [4.78, 5) is 11.8. The predicted octanol–water partition coefficient (Wildman–Crippen LogP) is 4.29. The van der Waals surface area contributed by atoms with E-state index in [0.29, 0.717) is 24.5 Å². The maximum Gasteiger partial charge on any atom is 0.226 e. The van der Waals surface area contributed by atoms with E-state index in [4.69, 9.17) is 14.5 Å². The normalized spacial score (nSPS) is 25.9. The van der Waals surface area contributed by atoms with E-state index in [1.807, 2.05) is 6.20 Å². The van der Waals surface area contributed by atoms with Crippen molar-refractivity contribution in [1.29, 1.82) is 0 Å². The van der Waals surface area contributed by atoms with Crippen LogP contribution in [0.25, 0.3) is 11.1 Å². The fourth-order valence-electron chi connectivity index (χ4n) is 4.81. The topological polar surface area (TPSA) is 59.5 Å². The Balaban J connectivity index is 1.42. The highest BCUT2D eigenvalue weighted by Crippen LogP contribution is 2.36. The van der Waals surface area contributed by atoms with E-state index >= 15 is 0 Å². The van der Waals surface area contributed by atoms with E-state index in [9.17, 15) is 0 Å². The first-order valence-corrected chi connectivity index (χ1v) is 11.4. The minimum Gasteiger partial charge on any atom is -0.471 e. The van der Waals surface area contributed by atoms with Crippen LogP contribution in [0.15, 0.2) is 24.4 Å². The molecule has 1 aliphatic carbocycles. The lowest BCUT2D eigenvalue weighted by Crippen LogP contribution is -2.26. The van der Waals surface area contributed by atoms with E-state index in [-0.39, 0.29) is 6.10 Å². The molecule has 30 heavy (non-hydrogen) atoms. The summed E-state index contributed by atoms with van der Waals surface area (Å²) in [5.74, 6) is 2.16. The lowest BCUT2D eigenvalue weighted by molar-refractivity contribution is 0.138. The Hall–Kier alpha value is -2.34. The zero-order valence-corrected chi connectivity index (χ0v) is 18.1. The molecule has 3 heterocycles. The zero-order chi connectivity index (χ0) is 20.5. The number of likely N-dealkylation sites (N-methyl/N-ethyl adjacent to an activating group) is 1. The summed E-state index contributed by atoms with van der Waals surface area (Å²) in [6, 6.07) is 7.08. The molecule has 0 unspecified atom stereocenters. The van der Waals surface area contributed by atoms with Gasteiger partial charge in [-0.3, -0.25) is 0 Å². The molecule has 2 aliphatic heterocycles. The van der Waals surface area contributed by atoms with Gasteiger partial charge in [0, 0.05) is 37.9 Å². The largest absolute Gasteiger partial charge is 0.471 e. The van der Waals surface area contributed by atoms with Crippen molar-refractivity contribution in [2.24, 2.45) is 5.92 Å². The lowest BCUT2D eigenvalue weighted by Gasteiger charge is -2.27. The van der Waals surface area contributed by atoms with Crippen LogP contribution in [0.5, 0.6) is 5.88 Å². The molecule has 1 aromatic heterocycles. The van der Waals surface area contributed by atoms with E-state index < -0.39 is 0 Å². The number of benzene rings is 1. The van der Waals surface area contributed by atoms with Crippen LogP contribution in [0.3, 0.4) is 0 Å². The van der Waals surface area contributed by atoms with Crippen LogP contribution >= 0.6 is 0 Å². The number of hydrogen-bond acceptors (Lipinski definition) is 6. The Morgan fingerprint density at radius 3 is 2.83 bits per heavy atom. The van der Waals surface area contributed by atoms with Crippen molar-refractivity contribution < 1.29 is 9.47 Å². The summed E-state index contributed by atoms with van der Waals surface area (Å²) >= 11 is 0. The molecule has 1 N–H and O–H groups in total. The molecule has 1 aromatic carbocycles. The van der Waals surface area contributed by atoms with Crippen molar-refractivity contribution in [3.8, 4) is 17.0 Å². The molecule has 1 saturated carbocycles. The molecule has 6 nitrogen and oxygen atoms in total. The first-order valence-electron chi connectivity index (χ1n) is 11.4. The molecule has 2 aromatic rings. The van der Waals surface area contributed by atoms with E-state index in [1.54, 1.807) is 0 Å². The van der Waals surface area contributed by atoms with Crippen molar-refractivity contribution in [3.05, 3.63) is 30.0 Å². The van der Waals surface area contributed by atoms with Gasteiger partial charge < -0.3 is 19.7 Å². The van der Waals surface area contributed by atoms with Gasteiger partial charge in [-0.05, 0) is 61.3 Å². The van der Waals surface area contributed by atoms with Crippen molar-refractivity contribution in [2.75, 3.05) is 37.0 Å². The van der Waals surface area contributed by atoms with Crippen LogP contribution in [0, 0.1) is 5.92 Å². The van der Waals surface area contributed by atoms with Crippen molar-refractivity contribution in [1.82, 2.24) is 9.97 Å². The first-order chi connectivity index (χ1) is 14.7. The molecular formula is C24H32N4O2. The van der Waals surface area contributed by atoms with Gasteiger partial charge in [-0.2, -0.15) is 4.98 Å². The van der Waals surface area contributed by atoms with Crippen molar-refractivity contribution >= 4 is 11.6 Å². The smallest absolute Gasteiger partial charge is 0.226 e. The van der Waals surface area contributed by atoms with Crippen LogP contribution in [0.2, 0.25) is 0 Å². The van der Waals surface area contributed by atoms with Gasteiger partial charge in [0.05, 0.1) is 18.8 Å². The van der Waals surface area contributed by atoms with Gasteiger partial charge in [0.15, 0.2) is 0 Å². The van der Waals surface area contributed by atoms with Crippen LogP contribution in [0.4, 0.5) is 11.6 Å². The third-order valence-corrected chi connectivity index (χ3v) is 6.79. The Bertz CT molecular complexity index is 889. The second-order valence-corrected chi connectivity index (χ2v) is 9.13. The SMILES string of the molecule is CN1CCc2cc(-c3cnc(N[C@H]4CC[C@H](C)CC4)nc3O[C@@H]3CCOC3)ccc21. The van der Waals surface area contributed by atoms with Gasteiger partial charge in [0.2, 0.25) is 11.8 Å². The summed E-state index contributed by atoms with van der Waals surface area (Å²) in [6.07, 6.45) is 8.85. The lowest BCUT2D eigenvalue weighted by atomic mass is 9.87. The summed E-state index contributed by atoms with van der Waals surface area (Å²) in [6.45, 7) is 4.79. The number of anilines is 2. The number of rotatable bonds is 5. The van der Waals surface area contributed by atoms with E-state index in [0.717, 1.165) is 43.0 Å². The minimum absolute atomic E-state index is 0.0580. The Morgan fingerprint density at radius 2 is 2.03 bits per heavy atom. The Kier molecular flexibility index (Phi) is 5.50. The summed E-state index contributed by atoms with van der Waals surface area (Å²) in [5, 5.41) is 3.55. The molecule has 0 spiro atoms. The summed E-state index contributed by atoms with van der Waals surface area (Å²) in [7, 11) is 2.15. The summed E-state index contributed by atoms with van der Waals surface area (Å²) in [5.41, 5.74) is 4.78. The molecule has 2 fully saturated rings. The number of hydrogen-bond donors (Lipinski definition) is 1. The van der Waals surface area contributed by atoms with Gasteiger partial charge >= 0.3 is 0 Å². The number of nitrogens with zero attached hydrogens (tertiary/aromatic N) is 3. The highest BCUT2D eigenvalue weighted by atomic mass is 16.5. The Labute approximate surface area is 179 Å². The van der Waals surface area contributed by atoms with Gasteiger partial charge in [0.25, 0.3) is 0 Å². The molecule has 1 atom stereocenters. The molecule has 0 radical (unpaired) electrons. The maximum atomic E-state index is 6.32. The molecule has 1 saturated heterocycles. The molecule has 0 amide bonds. The predicted molar refractivity (Wildman–Crippen MR) is 119 cm³/mol. The molecule has 6 heteroatoms. The third kappa shape index (κ3) is 4.10. The Morgan fingerprint density at radius 1 is 1.17 bits per heavy atom. The molecule has 5 rings (SSSR count). The quantitative estimate of drug-likeness (QED) is 0.796. The van der Waals surface area contributed by atoms with E-state index in [2.05, 4.69) is 47.4 Å². The van der Waals surface area contributed by atoms with Crippen molar-refractivity contribution in [2.45, 2.75) is 57.6 Å². The van der Waals surface area contributed by atoms with Gasteiger partial charge in [-0.25, -0.2) is 4.98 Å². The highest BCUT2D eigenvalue weighted by Gasteiger charge is 2.24. The zero-order valence-electron chi connectivity index (χ0n) is 18.1. The molecule has 0 bridgehead atoms. The highest BCUT2D eigenvalue weighted by molar-refractivity contribution is 5.73. The average Bonchev–Trinajstić information content (AvgIpc) is 3.40. The second-order valence-electron chi connectivity index (χ2n) is 9.13. The van der Waals surface area contributed by atoms with Crippen LogP contribution in [-0.4, -0.2) is 48.9 Å². The monoisotopic (exact) mass is 408 g/mol. The summed E-state index contributed by atoms with van der Waals surface area (Å²) < 4.78 is 11.8. The van der Waals surface area contributed by atoms with Gasteiger partial charge in [-0.1, -0.05) is 13.0 Å². The second kappa shape index (κ2) is 8.42. The number of aromatic nitrogens is 2. The first kappa shape index (κ1) is 19.6. The van der Waals surface area contributed by atoms with E-state index in [1.165, 1.54) is 36.9 Å². The molecular weight excluding hydrogens is 376 g/mol. The van der Waals surface area contributed by atoms with Gasteiger partial charge in [-0.15, -0.1) is 0 Å². The van der Waals surface area contributed by atoms with Gasteiger partial charge in [0.1, 0.15) is 6.10 Å². The fourth-order valence-corrected chi connectivity index (χ4v) is 4.81. The van der Waals surface area contributed by atoms with Crippen LogP contribution in [0.1, 0.15) is 44.6 Å². The fraction of sp³-hybridized carbons (Fsp3) is 0.583. The van der Waals surface area contributed by atoms with Crippen LogP contribution in [-0.2, 0) is 11.2 Å². The number of fused-ring (bicyclic) bond motifs is 1. The average molecular weight is 409 g/mol. The number of ether oxygens (including phenoxy) is 2.